The summed E-state index contributed by atoms with van der Waals surface area (Å²) in [5.74, 6) is 1.15. The fourth-order valence-corrected chi connectivity index (χ4v) is 3.98. The van der Waals surface area contributed by atoms with Crippen molar-refractivity contribution in [2.45, 2.75) is 6.10 Å². The van der Waals surface area contributed by atoms with E-state index in [1.54, 1.807) is 15.9 Å². The SMILES string of the molecule is O=C(c1ccc2ccccc2c1)N1CCN(C(=O)C2COc3ccccc3O2)CC1. The Balaban J connectivity index is 1.21. The van der Waals surface area contributed by atoms with Gasteiger partial charge in [-0.3, -0.25) is 9.59 Å². The molecule has 6 nitrogen and oxygen atoms in total. The summed E-state index contributed by atoms with van der Waals surface area (Å²) in [6, 6.07) is 21.1. The van der Waals surface area contributed by atoms with Gasteiger partial charge in [0.15, 0.2) is 11.5 Å². The van der Waals surface area contributed by atoms with Crippen LogP contribution in [0.25, 0.3) is 10.8 Å². The highest BCUT2D eigenvalue weighted by molar-refractivity contribution is 5.98. The number of rotatable bonds is 2. The molecule has 3 aromatic carbocycles. The molecule has 2 aliphatic rings. The van der Waals surface area contributed by atoms with Gasteiger partial charge >= 0.3 is 0 Å². The lowest BCUT2D eigenvalue weighted by Crippen LogP contribution is -2.55. The van der Waals surface area contributed by atoms with Crippen molar-refractivity contribution in [2.24, 2.45) is 0 Å². The quantitative estimate of drug-likeness (QED) is 0.661. The van der Waals surface area contributed by atoms with Crippen molar-refractivity contribution < 1.29 is 19.1 Å². The van der Waals surface area contributed by atoms with E-state index in [0.717, 1.165) is 10.8 Å². The number of fused-ring (bicyclic) bond motifs is 2. The molecule has 0 aromatic heterocycles. The summed E-state index contributed by atoms with van der Waals surface area (Å²) < 4.78 is 11.5. The third-order valence-corrected chi connectivity index (χ3v) is 5.66. The second-order valence-corrected chi connectivity index (χ2v) is 7.54. The number of piperazine rings is 1. The molecular weight excluding hydrogens is 380 g/mol. The highest BCUT2D eigenvalue weighted by Gasteiger charge is 2.33. The maximum absolute atomic E-state index is 12.9. The van der Waals surface area contributed by atoms with Crippen LogP contribution in [0.1, 0.15) is 10.4 Å². The number of benzene rings is 3. The molecule has 1 fully saturated rings. The Morgan fingerprint density at radius 2 is 1.43 bits per heavy atom. The third kappa shape index (κ3) is 3.45. The van der Waals surface area contributed by atoms with Crippen LogP contribution in [0, 0.1) is 0 Å². The average Bonchev–Trinajstić information content (AvgIpc) is 2.82. The van der Waals surface area contributed by atoms with Crippen LogP contribution in [-0.2, 0) is 4.79 Å². The van der Waals surface area contributed by atoms with E-state index >= 15 is 0 Å². The van der Waals surface area contributed by atoms with Crippen molar-refractivity contribution in [1.29, 1.82) is 0 Å². The zero-order valence-electron chi connectivity index (χ0n) is 16.5. The molecule has 2 heterocycles. The van der Waals surface area contributed by atoms with Crippen molar-refractivity contribution in [1.82, 2.24) is 9.80 Å². The first-order valence-corrected chi connectivity index (χ1v) is 10.1. The number of nitrogens with zero attached hydrogens (tertiary/aromatic N) is 2. The molecule has 3 aromatic rings. The molecular formula is C24H22N2O4. The van der Waals surface area contributed by atoms with Gasteiger partial charge in [-0.25, -0.2) is 0 Å². The molecule has 6 heteroatoms. The minimum Gasteiger partial charge on any atom is -0.485 e. The van der Waals surface area contributed by atoms with Gasteiger partial charge in [0.1, 0.15) is 6.61 Å². The molecule has 2 amide bonds. The minimum absolute atomic E-state index is 0.000899. The van der Waals surface area contributed by atoms with E-state index in [1.165, 1.54) is 0 Å². The molecule has 0 saturated carbocycles. The molecule has 5 rings (SSSR count). The molecule has 1 saturated heterocycles. The number of hydrogen-bond donors (Lipinski definition) is 0. The smallest absolute Gasteiger partial charge is 0.267 e. The van der Waals surface area contributed by atoms with E-state index in [2.05, 4.69) is 0 Å². The van der Waals surface area contributed by atoms with Crippen molar-refractivity contribution in [3.8, 4) is 11.5 Å². The third-order valence-electron chi connectivity index (χ3n) is 5.66. The fraction of sp³-hybridized carbons (Fsp3) is 0.250. The molecule has 0 N–H and O–H groups in total. The lowest BCUT2D eigenvalue weighted by molar-refractivity contribution is -0.142. The predicted molar refractivity (Wildman–Crippen MR) is 113 cm³/mol. The molecule has 152 valence electrons. The van der Waals surface area contributed by atoms with Gasteiger partial charge in [-0.1, -0.05) is 42.5 Å². The summed E-state index contributed by atoms with van der Waals surface area (Å²) in [7, 11) is 0. The normalized spacial score (nSPS) is 18.3. The molecule has 0 radical (unpaired) electrons. The number of para-hydroxylation sites is 2. The Morgan fingerprint density at radius 1 is 0.767 bits per heavy atom. The number of carbonyl (C=O) groups is 2. The Morgan fingerprint density at radius 3 is 2.23 bits per heavy atom. The first-order valence-electron chi connectivity index (χ1n) is 10.1. The molecule has 30 heavy (non-hydrogen) atoms. The lowest BCUT2D eigenvalue weighted by Gasteiger charge is -2.37. The van der Waals surface area contributed by atoms with Crippen molar-refractivity contribution in [2.75, 3.05) is 32.8 Å². The van der Waals surface area contributed by atoms with Crippen molar-refractivity contribution >= 4 is 22.6 Å². The largest absolute Gasteiger partial charge is 0.485 e. The van der Waals surface area contributed by atoms with Crippen LogP contribution < -0.4 is 9.47 Å². The molecule has 1 atom stereocenters. The first-order chi connectivity index (χ1) is 14.7. The first kappa shape index (κ1) is 18.5. The maximum atomic E-state index is 12.9. The summed E-state index contributed by atoms with van der Waals surface area (Å²) in [6.45, 7) is 2.18. The second-order valence-electron chi connectivity index (χ2n) is 7.54. The topological polar surface area (TPSA) is 59.1 Å². The second kappa shape index (κ2) is 7.71. The number of amides is 2. The molecule has 0 bridgehead atoms. The summed E-state index contributed by atoms with van der Waals surface area (Å²) in [5.41, 5.74) is 0.675. The zero-order valence-corrected chi connectivity index (χ0v) is 16.5. The summed E-state index contributed by atoms with van der Waals surface area (Å²) in [5, 5.41) is 2.16. The van der Waals surface area contributed by atoms with Crippen molar-refractivity contribution in [3.63, 3.8) is 0 Å². The maximum Gasteiger partial charge on any atom is 0.267 e. The highest BCUT2D eigenvalue weighted by atomic mass is 16.6. The van der Waals surface area contributed by atoms with Crippen LogP contribution in [0.3, 0.4) is 0 Å². The Labute approximate surface area is 174 Å². The van der Waals surface area contributed by atoms with Gasteiger partial charge in [-0.2, -0.15) is 0 Å². The van der Waals surface area contributed by atoms with Crippen LogP contribution in [0.2, 0.25) is 0 Å². The summed E-state index contributed by atoms with van der Waals surface area (Å²) in [4.78, 5) is 29.4. The van der Waals surface area contributed by atoms with Crippen molar-refractivity contribution in [3.05, 3.63) is 72.3 Å². The average molecular weight is 402 g/mol. The van der Waals surface area contributed by atoms with Crippen LogP contribution >= 0.6 is 0 Å². The van der Waals surface area contributed by atoms with E-state index < -0.39 is 6.10 Å². The molecule has 0 aliphatic carbocycles. The van der Waals surface area contributed by atoms with Gasteiger partial charge in [-0.15, -0.1) is 0 Å². The summed E-state index contributed by atoms with van der Waals surface area (Å²) in [6.07, 6.45) is -0.650. The van der Waals surface area contributed by atoms with E-state index in [9.17, 15) is 9.59 Å². The molecule has 1 unspecified atom stereocenters. The van der Waals surface area contributed by atoms with Gasteiger partial charge in [0.2, 0.25) is 6.10 Å². The Hall–Kier alpha value is -3.54. The van der Waals surface area contributed by atoms with E-state index in [1.807, 2.05) is 60.7 Å². The van der Waals surface area contributed by atoms with Gasteiger partial charge in [-0.05, 0) is 35.0 Å². The molecule has 0 spiro atoms. The van der Waals surface area contributed by atoms with Gasteiger partial charge < -0.3 is 19.3 Å². The van der Waals surface area contributed by atoms with E-state index in [0.29, 0.717) is 43.2 Å². The lowest BCUT2D eigenvalue weighted by atomic mass is 10.1. The Kier molecular flexibility index (Phi) is 4.75. The highest BCUT2D eigenvalue weighted by Crippen LogP contribution is 2.31. The van der Waals surface area contributed by atoms with E-state index in [4.69, 9.17) is 9.47 Å². The summed E-state index contributed by atoms with van der Waals surface area (Å²) >= 11 is 0. The number of carbonyl (C=O) groups excluding carboxylic acids is 2. The van der Waals surface area contributed by atoms with Crippen LogP contribution in [-0.4, -0.2) is 60.5 Å². The Bertz CT molecular complexity index is 1110. The molecule has 2 aliphatic heterocycles. The monoisotopic (exact) mass is 402 g/mol. The minimum atomic E-state index is -0.650. The van der Waals surface area contributed by atoms with Crippen LogP contribution in [0.5, 0.6) is 11.5 Å². The zero-order chi connectivity index (χ0) is 20.5. The van der Waals surface area contributed by atoms with E-state index in [-0.39, 0.29) is 18.4 Å². The number of hydrogen-bond acceptors (Lipinski definition) is 4. The van der Waals surface area contributed by atoms with Gasteiger partial charge in [0, 0.05) is 31.7 Å². The standard InChI is InChI=1S/C24H22N2O4/c27-23(19-10-9-17-5-1-2-6-18(17)15-19)25-11-13-26(14-12-25)24(28)22-16-29-20-7-3-4-8-21(20)30-22/h1-10,15,22H,11-14,16H2. The van der Waals surface area contributed by atoms with Gasteiger partial charge in [0.25, 0.3) is 11.8 Å². The van der Waals surface area contributed by atoms with Crippen LogP contribution in [0.15, 0.2) is 66.7 Å². The van der Waals surface area contributed by atoms with Gasteiger partial charge in [0.05, 0.1) is 0 Å². The number of ether oxygens (including phenoxy) is 2. The van der Waals surface area contributed by atoms with Crippen LogP contribution in [0.4, 0.5) is 0 Å². The predicted octanol–water partition coefficient (Wildman–Crippen LogP) is 2.96. The fourth-order valence-electron chi connectivity index (χ4n) is 3.98.